The molecule has 0 aliphatic rings. The molecule has 1 amide bonds. The first-order valence-corrected chi connectivity index (χ1v) is 5.74. The van der Waals surface area contributed by atoms with E-state index in [-0.39, 0.29) is 17.1 Å². The Morgan fingerprint density at radius 1 is 1.50 bits per heavy atom. The molecule has 88 valence electrons. The molecule has 6 nitrogen and oxygen atoms in total. The van der Waals surface area contributed by atoms with Crippen LogP contribution in [0.25, 0.3) is 0 Å². The summed E-state index contributed by atoms with van der Waals surface area (Å²) in [5.41, 5.74) is 5.57. The maximum atomic E-state index is 11.0. The molecule has 1 aromatic rings. The molecule has 0 atom stereocenters. The molecule has 0 radical (unpaired) electrons. The van der Waals surface area contributed by atoms with E-state index in [2.05, 4.69) is 4.74 Å². The van der Waals surface area contributed by atoms with Gasteiger partial charge in [-0.25, -0.2) is 4.79 Å². The average molecular weight is 245 g/mol. The normalized spacial score (nSPS) is 11.1. The Morgan fingerprint density at radius 3 is 2.62 bits per heavy atom. The highest BCUT2D eigenvalue weighted by Gasteiger charge is 2.17. The quantitative estimate of drug-likeness (QED) is 0.767. The SMILES string of the molecule is Cc1cccc(S(=O)(=O)O)c1COC(N)=O. The Bertz CT molecular complexity index is 509. The van der Waals surface area contributed by atoms with E-state index in [1.54, 1.807) is 13.0 Å². The summed E-state index contributed by atoms with van der Waals surface area (Å²) in [5, 5.41) is 0. The minimum atomic E-state index is -4.34. The second kappa shape index (κ2) is 4.50. The molecule has 0 aromatic heterocycles. The van der Waals surface area contributed by atoms with Crippen molar-refractivity contribution in [3.05, 3.63) is 29.3 Å². The molecule has 0 fully saturated rings. The molecule has 0 saturated carbocycles. The molecule has 0 bridgehead atoms. The van der Waals surface area contributed by atoms with Gasteiger partial charge in [-0.3, -0.25) is 4.55 Å². The van der Waals surface area contributed by atoms with Gasteiger partial charge in [-0.2, -0.15) is 8.42 Å². The van der Waals surface area contributed by atoms with E-state index in [1.165, 1.54) is 12.1 Å². The standard InChI is InChI=1S/C9H11NO5S/c1-6-3-2-4-8(16(12,13)14)7(6)5-15-9(10)11/h2-4H,5H2,1H3,(H2,10,11)(H,12,13,14). The monoisotopic (exact) mass is 245 g/mol. The van der Waals surface area contributed by atoms with Crippen molar-refractivity contribution in [2.24, 2.45) is 5.73 Å². The van der Waals surface area contributed by atoms with E-state index in [4.69, 9.17) is 10.3 Å². The second-order valence-electron chi connectivity index (χ2n) is 3.13. The summed E-state index contributed by atoms with van der Waals surface area (Å²) in [6, 6.07) is 4.34. The molecule has 16 heavy (non-hydrogen) atoms. The topological polar surface area (TPSA) is 107 Å². The minimum absolute atomic E-state index is 0.212. The number of hydrogen-bond donors (Lipinski definition) is 2. The van der Waals surface area contributed by atoms with Crippen LogP contribution in [0.1, 0.15) is 11.1 Å². The van der Waals surface area contributed by atoms with Crippen molar-refractivity contribution < 1.29 is 22.5 Å². The lowest BCUT2D eigenvalue weighted by Crippen LogP contribution is -2.15. The van der Waals surface area contributed by atoms with E-state index < -0.39 is 16.2 Å². The van der Waals surface area contributed by atoms with Crippen LogP contribution in [-0.4, -0.2) is 19.1 Å². The Hall–Kier alpha value is -1.60. The Kier molecular flexibility index (Phi) is 3.51. The molecule has 3 N–H and O–H groups in total. The van der Waals surface area contributed by atoms with Crippen LogP contribution in [0.2, 0.25) is 0 Å². The highest BCUT2D eigenvalue weighted by Crippen LogP contribution is 2.20. The maximum Gasteiger partial charge on any atom is 0.404 e. The maximum absolute atomic E-state index is 11.0. The van der Waals surface area contributed by atoms with E-state index in [1.807, 2.05) is 0 Å². The van der Waals surface area contributed by atoms with Crippen molar-refractivity contribution in [1.29, 1.82) is 0 Å². The van der Waals surface area contributed by atoms with Crippen molar-refractivity contribution in [2.45, 2.75) is 18.4 Å². The number of nitrogens with two attached hydrogens (primary N) is 1. The number of rotatable bonds is 3. The molecule has 1 rings (SSSR count). The van der Waals surface area contributed by atoms with Gasteiger partial charge in [0.15, 0.2) is 0 Å². The number of carbonyl (C=O) groups excluding carboxylic acids is 1. The summed E-state index contributed by atoms with van der Waals surface area (Å²) in [7, 11) is -4.34. The molecule has 0 aliphatic carbocycles. The van der Waals surface area contributed by atoms with Crippen molar-refractivity contribution in [3.8, 4) is 0 Å². The van der Waals surface area contributed by atoms with Gasteiger partial charge in [0, 0.05) is 5.56 Å². The zero-order valence-electron chi connectivity index (χ0n) is 8.50. The summed E-state index contributed by atoms with van der Waals surface area (Å²) in [5.74, 6) is 0. The molecule has 0 saturated heterocycles. The number of amides is 1. The molecule has 7 heteroatoms. The van der Waals surface area contributed by atoms with Gasteiger partial charge >= 0.3 is 6.09 Å². The zero-order chi connectivity index (χ0) is 12.3. The Labute approximate surface area is 92.8 Å². The van der Waals surface area contributed by atoms with Crippen LogP contribution in [0, 0.1) is 6.92 Å². The summed E-state index contributed by atoms with van der Waals surface area (Å²) < 4.78 is 35.5. The number of primary amides is 1. The van der Waals surface area contributed by atoms with Crippen LogP contribution in [-0.2, 0) is 21.5 Å². The number of carbonyl (C=O) groups is 1. The van der Waals surface area contributed by atoms with Crippen LogP contribution in [0.4, 0.5) is 4.79 Å². The molecule has 0 unspecified atom stereocenters. The van der Waals surface area contributed by atoms with Gasteiger partial charge in [0.25, 0.3) is 10.1 Å². The first-order chi connectivity index (χ1) is 7.32. The number of aryl methyl sites for hydroxylation is 1. The summed E-state index contributed by atoms with van der Waals surface area (Å²) in [6.45, 7) is 1.34. The van der Waals surface area contributed by atoms with E-state index in [0.717, 1.165) is 0 Å². The largest absolute Gasteiger partial charge is 0.445 e. The van der Waals surface area contributed by atoms with E-state index in [0.29, 0.717) is 5.56 Å². The van der Waals surface area contributed by atoms with Crippen LogP contribution in [0.15, 0.2) is 23.1 Å². The predicted octanol–water partition coefficient (Wildman–Crippen LogP) is 0.837. The third-order valence-corrected chi connectivity index (χ3v) is 2.94. The highest BCUT2D eigenvalue weighted by molar-refractivity contribution is 7.85. The van der Waals surface area contributed by atoms with Gasteiger partial charge in [0.05, 0.1) is 0 Å². The number of benzene rings is 1. The van der Waals surface area contributed by atoms with Crippen molar-refractivity contribution in [1.82, 2.24) is 0 Å². The van der Waals surface area contributed by atoms with E-state index >= 15 is 0 Å². The molecular weight excluding hydrogens is 234 g/mol. The van der Waals surface area contributed by atoms with Crippen LogP contribution in [0.5, 0.6) is 0 Å². The first kappa shape index (κ1) is 12.5. The predicted molar refractivity (Wildman–Crippen MR) is 55.4 cm³/mol. The lowest BCUT2D eigenvalue weighted by molar-refractivity contribution is 0.149. The molecule has 0 heterocycles. The number of ether oxygens (including phenoxy) is 1. The van der Waals surface area contributed by atoms with Crippen LogP contribution < -0.4 is 5.73 Å². The third kappa shape index (κ3) is 2.94. The fraction of sp³-hybridized carbons (Fsp3) is 0.222. The summed E-state index contributed by atoms with van der Waals surface area (Å²) >= 11 is 0. The summed E-state index contributed by atoms with van der Waals surface area (Å²) in [4.78, 5) is 10.1. The van der Waals surface area contributed by atoms with Crippen molar-refractivity contribution >= 4 is 16.2 Å². The number of hydrogen-bond acceptors (Lipinski definition) is 4. The van der Waals surface area contributed by atoms with Gasteiger partial charge in [-0.05, 0) is 18.6 Å². The van der Waals surface area contributed by atoms with E-state index in [9.17, 15) is 13.2 Å². The van der Waals surface area contributed by atoms with Crippen molar-refractivity contribution in [2.75, 3.05) is 0 Å². The molecule has 0 aliphatic heterocycles. The summed E-state index contributed by atoms with van der Waals surface area (Å²) in [6.07, 6.45) is -1.01. The van der Waals surface area contributed by atoms with Crippen LogP contribution in [0.3, 0.4) is 0 Å². The Morgan fingerprint density at radius 2 is 2.12 bits per heavy atom. The van der Waals surface area contributed by atoms with Gasteiger partial charge in [-0.15, -0.1) is 0 Å². The smallest absolute Gasteiger partial charge is 0.404 e. The second-order valence-corrected chi connectivity index (χ2v) is 4.52. The van der Waals surface area contributed by atoms with Crippen LogP contribution >= 0.6 is 0 Å². The molecule has 0 spiro atoms. The fourth-order valence-electron chi connectivity index (χ4n) is 1.25. The van der Waals surface area contributed by atoms with Crippen molar-refractivity contribution in [3.63, 3.8) is 0 Å². The Balaban J connectivity index is 3.19. The lowest BCUT2D eigenvalue weighted by atomic mass is 10.1. The average Bonchev–Trinajstić information content (AvgIpc) is 2.13. The third-order valence-electron chi connectivity index (χ3n) is 2.00. The molecule has 1 aromatic carbocycles. The van der Waals surface area contributed by atoms with Gasteiger partial charge in [0.1, 0.15) is 11.5 Å². The van der Waals surface area contributed by atoms with Gasteiger partial charge in [-0.1, -0.05) is 12.1 Å². The zero-order valence-corrected chi connectivity index (χ0v) is 9.32. The van der Waals surface area contributed by atoms with Gasteiger partial charge < -0.3 is 10.5 Å². The fourth-order valence-corrected chi connectivity index (χ4v) is 2.03. The minimum Gasteiger partial charge on any atom is -0.445 e. The highest BCUT2D eigenvalue weighted by atomic mass is 32.2. The first-order valence-electron chi connectivity index (χ1n) is 4.30. The lowest BCUT2D eigenvalue weighted by Gasteiger charge is -2.09. The van der Waals surface area contributed by atoms with Gasteiger partial charge in [0.2, 0.25) is 0 Å². The molecular formula is C9H11NO5S.